The number of amides is 2. The quantitative estimate of drug-likeness (QED) is 0.306. The van der Waals surface area contributed by atoms with Gasteiger partial charge < -0.3 is 5.32 Å². The highest BCUT2D eigenvalue weighted by Crippen LogP contribution is 2.55. The minimum atomic E-state index is -3.45. The number of thiophene rings is 1. The number of pyridine rings is 1. The van der Waals surface area contributed by atoms with Gasteiger partial charge in [0.2, 0.25) is 0 Å². The molecule has 41 heavy (non-hydrogen) atoms. The Kier molecular flexibility index (Phi) is 8.62. The van der Waals surface area contributed by atoms with E-state index < -0.39 is 35.9 Å². The number of fused-ring (bicyclic) bond motifs is 1. The van der Waals surface area contributed by atoms with Gasteiger partial charge in [0.25, 0.3) is 0 Å². The molecule has 2 amide bonds. The Labute approximate surface area is 249 Å². The molecule has 2 aromatic heterocycles. The monoisotopic (exact) mass is 632 g/mol. The van der Waals surface area contributed by atoms with Crippen molar-refractivity contribution in [2.75, 3.05) is 30.3 Å². The number of nitrogens with zero attached hydrogens (tertiary/aromatic N) is 4. The first-order valence-electron chi connectivity index (χ1n) is 12.9. The summed E-state index contributed by atoms with van der Waals surface area (Å²) in [6.07, 6.45) is 11.2. The van der Waals surface area contributed by atoms with Gasteiger partial charge in [0.15, 0.2) is 9.92 Å². The second-order valence-electron chi connectivity index (χ2n) is 11.4. The Balaban J connectivity index is 1.79. The molecule has 0 bridgehead atoms. The Morgan fingerprint density at radius 3 is 2.46 bits per heavy atom. The van der Waals surface area contributed by atoms with Crippen LogP contribution in [0.4, 0.5) is 15.5 Å². The maximum Gasteiger partial charge on any atom is 0.332 e. The van der Waals surface area contributed by atoms with Crippen LogP contribution in [0.5, 0.6) is 0 Å². The number of anilines is 1. The largest absolute Gasteiger partial charge is 0.332 e. The SMILES string of the molecule is CC(C)(C)S(C)(C)N=S(=O)(NC(=O)Nc1c(-c2ccnc(C#N)c2)ccc2c1CCC2)c1ccc(N=S(C)(C)=O)s1. The maximum absolute atomic E-state index is 14.6. The van der Waals surface area contributed by atoms with E-state index in [2.05, 4.69) is 31.5 Å². The van der Waals surface area contributed by atoms with Crippen molar-refractivity contribution >= 4 is 57.9 Å². The predicted octanol–water partition coefficient (Wildman–Crippen LogP) is 6.87. The van der Waals surface area contributed by atoms with Crippen LogP contribution >= 0.6 is 21.6 Å². The van der Waals surface area contributed by atoms with Gasteiger partial charge in [-0.05, 0) is 72.7 Å². The molecule has 9 nitrogen and oxygen atoms in total. The summed E-state index contributed by atoms with van der Waals surface area (Å²) in [6, 6.07) is 12.2. The molecule has 0 radical (unpaired) electrons. The fourth-order valence-corrected chi connectivity index (χ4v) is 11.0. The Morgan fingerprint density at radius 1 is 1.07 bits per heavy atom. The molecule has 3 aromatic rings. The second-order valence-corrected chi connectivity index (χ2v) is 21.4. The molecule has 0 spiro atoms. The summed E-state index contributed by atoms with van der Waals surface area (Å²) in [6.45, 7) is 6.11. The third-order valence-corrected chi connectivity index (χ3v) is 15.8. The van der Waals surface area contributed by atoms with Crippen LogP contribution in [-0.4, -0.2) is 49.2 Å². The highest BCUT2D eigenvalue weighted by atomic mass is 32.3. The molecular formula is C28H36N6O3S4. The third-order valence-electron chi connectivity index (χ3n) is 6.88. The van der Waals surface area contributed by atoms with Crippen LogP contribution in [0.3, 0.4) is 0 Å². The van der Waals surface area contributed by atoms with Gasteiger partial charge in [-0.3, -0.25) is 0 Å². The molecule has 0 saturated heterocycles. The number of rotatable bonds is 6. The van der Waals surface area contributed by atoms with E-state index >= 15 is 0 Å². The lowest BCUT2D eigenvalue weighted by Crippen LogP contribution is -2.35. The van der Waals surface area contributed by atoms with Crippen molar-refractivity contribution in [3.05, 3.63) is 59.4 Å². The number of hydrogen-bond donors (Lipinski definition) is 2. The third kappa shape index (κ3) is 7.12. The first-order valence-corrected chi connectivity index (χ1v) is 20.0. The molecule has 1 aliphatic rings. The molecule has 13 heteroatoms. The minimum absolute atomic E-state index is 0.273. The lowest BCUT2D eigenvalue weighted by atomic mass is 9.97. The first-order chi connectivity index (χ1) is 19.0. The summed E-state index contributed by atoms with van der Waals surface area (Å²) in [5.74, 6) is 0. The van der Waals surface area contributed by atoms with Gasteiger partial charge in [0, 0.05) is 38.7 Å². The summed E-state index contributed by atoms with van der Waals surface area (Å²) in [4.78, 5) is 17.8. The average Bonchev–Trinajstić information content (AvgIpc) is 3.52. The number of benzene rings is 1. The number of nitriles is 1. The van der Waals surface area contributed by atoms with Gasteiger partial charge in [0.1, 0.15) is 21.0 Å². The number of carbonyl (C=O) groups is 1. The zero-order valence-electron chi connectivity index (χ0n) is 24.3. The summed E-state index contributed by atoms with van der Waals surface area (Å²) in [5, 5.41) is 12.8. The minimum Gasteiger partial charge on any atom is -0.306 e. The fourth-order valence-electron chi connectivity index (χ4n) is 4.18. The van der Waals surface area contributed by atoms with Crippen LogP contribution in [0.2, 0.25) is 0 Å². The Morgan fingerprint density at radius 2 is 1.80 bits per heavy atom. The van der Waals surface area contributed by atoms with Gasteiger partial charge in [-0.15, -0.1) is 21.6 Å². The highest BCUT2D eigenvalue weighted by Gasteiger charge is 2.32. The maximum atomic E-state index is 14.6. The zero-order chi connectivity index (χ0) is 30.2. The van der Waals surface area contributed by atoms with Crippen molar-refractivity contribution in [1.29, 1.82) is 5.26 Å². The van der Waals surface area contributed by atoms with Crippen LogP contribution in [0.1, 0.15) is 44.0 Å². The number of aromatic nitrogens is 1. The average molecular weight is 633 g/mol. The summed E-state index contributed by atoms with van der Waals surface area (Å²) < 4.78 is 38.8. The molecule has 1 unspecified atom stereocenters. The second kappa shape index (κ2) is 11.4. The van der Waals surface area contributed by atoms with Crippen molar-refractivity contribution in [1.82, 2.24) is 9.71 Å². The molecular weight excluding hydrogens is 597 g/mol. The Bertz CT molecular complexity index is 1790. The lowest BCUT2D eigenvalue weighted by molar-refractivity contribution is 0.257. The van der Waals surface area contributed by atoms with Crippen LogP contribution in [0, 0.1) is 11.3 Å². The lowest BCUT2D eigenvalue weighted by Gasteiger charge is -2.40. The van der Waals surface area contributed by atoms with Crippen molar-refractivity contribution < 1.29 is 13.2 Å². The van der Waals surface area contributed by atoms with Gasteiger partial charge in [-0.2, -0.15) is 13.4 Å². The molecule has 4 rings (SSSR count). The van der Waals surface area contributed by atoms with E-state index in [1.54, 1.807) is 30.5 Å². The van der Waals surface area contributed by atoms with E-state index in [4.69, 9.17) is 3.77 Å². The first kappa shape index (κ1) is 31.0. The van der Waals surface area contributed by atoms with Crippen LogP contribution in [0.25, 0.3) is 11.1 Å². The van der Waals surface area contributed by atoms with Gasteiger partial charge >= 0.3 is 6.03 Å². The normalized spacial score (nSPS) is 15.3. The molecule has 220 valence electrons. The van der Waals surface area contributed by atoms with Crippen LogP contribution in [0.15, 0.2) is 54.9 Å². The summed E-state index contributed by atoms with van der Waals surface area (Å²) in [7, 11) is -7.71. The van der Waals surface area contributed by atoms with E-state index in [0.29, 0.717) is 14.9 Å². The van der Waals surface area contributed by atoms with E-state index in [-0.39, 0.29) is 10.4 Å². The molecule has 0 aliphatic heterocycles. The molecule has 0 fully saturated rings. The van der Waals surface area contributed by atoms with Crippen molar-refractivity contribution in [2.24, 2.45) is 8.13 Å². The number of urea groups is 1. The van der Waals surface area contributed by atoms with Gasteiger partial charge in [-0.25, -0.2) is 22.9 Å². The van der Waals surface area contributed by atoms with Crippen molar-refractivity contribution in [3.8, 4) is 17.2 Å². The molecule has 0 saturated carbocycles. The van der Waals surface area contributed by atoms with Crippen molar-refractivity contribution in [2.45, 2.75) is 49.0 Å². The predicted molar refractivity (Wildman–Crippen MR) is 173 cm³/mol. The molecule has 2 heterocycles. The van der Waals surface area contributed by atoms with Crippen LogP contribution in [-0.2, 0) is 32.5 Å². The number of aryl methyl sites for hydroxylation is 1. The molecule has 1 atom stereocenters. The van der Waals surface area contributed by atoms with Crippen molar-refractivity contribution in [3.63, 3.8) is 0 Å². The van der Waals surface area contributed by atoms with E-state index in [9.17, 15) is 18.5 Å². The zero-order valence-corrected chi connectivity index (χ0v) is 27.6. The van der Waals surface area contributed by atoms with Gasteiger partial charge in [0.05, 0.1) is 5.69 Å². The smallest absolute Gasteiger partial charge is 0.306 e. The molecule has 2 N–H and O–H groups in total. The van der Waals surface area contributed by atoms with E-state index in [1.165, 1.54) is 12.5 Å². The Hall–Kier alpha value is -2.92. The molecule has 1 aromatic carbocycles. The highest BCUT2D eigenvalue weighted by molar-refractivity contribution is 8.35. The van der Waals surface area contributed by atoms with Gasteiger partial charge in [-0.1, -0.05) is 32.9 Å². The van der Waals surface area contributed by atoms with E-state index in [1.807, 2.05) is 39.3 Å². The topological polar surface area (TPSA) is 137 Å². The number of hydrogen-bond acceptors (Lipinski definition) is 8. The summed E-state index contributed by atoms with van der Waals surface area (Å²) >= 11 is 1.11. The number of nitrogens with one attached hydrogen (secondary N) is 2. The molecule has 1 aliphatic carbocycles. The summed E-state index contributed by atoms with van der Waals surface area (Å²) in [5.41, 5.74) is 4.56. The fraction of sp³-hybridized carbons (Fsp3) is 0.393. The number of carbonyl (C=O) groups excluding carboxylic acids is 1. The van der Waals surface area contributed by atoms with E-state index in [0.717, 1.165) is 52.9 Å². The van der Waals surface area contributed by atoms with Crippen LogP contribution < -0.4 is 10.0 Å². The standard InChI is InChI=1S/C28H36N6O3S4/c1-28(2,3)39(4,5)34-41(37,25-14-13-24(38-25)32-40(6,7)36)33-27(35)31-26-22-10-8-9-19(22)11-12-23(26)20-15-16-30-21(17-20)18-29/h11-17H,8-10H2,1-7H3,(H2,31,33,34,35,37).